The summed E-state index contributed by atoms with van der Waals surface area (Å²) in [4.78, 5) is 2.66. The summed E-state index contributed by atoms with van der Waals surface area (Å²) in [6, 6.07) is 14.4. The summed E-state index contributed by atoms with van der Waals surface area (Å²) in [6.45, 7) is 4.50. The molecule has 0 aromatic heterocycles. The van der Waals surface area contributed by atoms with E-state index in [9.17, 15) is 0 Å². The molecule has 5 heteroatoms. The first-order valence-electron chi connectivity index (χ1n) is 10.7. The normalized spacial score (nSPS) is 22.9. The van der Waals surface area contributed by atoms with Gasteiger partial charge >= 0.3 is 0 Å². The molecule has 154 valence electrons. The van der Waals surface area contributed by atoms with E-state index in [0.29, 0.717) is 18.1 Å². The molecule has 0 bridgehead atoms. The highest BCUT2D eigenvalue weighted by Gasteiger charge is 2.40. The Morgan fingerprint density at radius 1 is 1.03 bits per heavy atom. The highest BCUT2D eigenvalue weighted by atomic mass is 35.5. The third-order valence-electron chi connectivity index (χ3n) is 6.73. The van der Waals surface area contributed by atoms with Gasteiger partial charge in [0.1, 0.15) is 5.75 Å². The molecular weight excluding hydrogens is 386 g/mol. The lowest BCUT2D eigenvalue weighted by Gasteiger charge is -2.47. The predicted molar refractivity (Wildman–Crippen MR) is 114 cm³/mol. The van der Waals surface area contributed by atoms with Crippen molar-refractivity contribution in [3.05, 3.63) is 53.1 Å². The van der Waals surface area contributed by atoms with Gasteiger partial charge in [-0.1, -0.05) is 30.2 Å². The van der Waals surface area contributed by atoms with Crippen molar-refractivity contribution in [2.75, 3.05) is 33.0 Å². The number of benzene rings is 2. The number of halogens is 1. The van der Waals surface area contributed by atoms with E-state index >= 15 is 0 Å². The van der Waals surface area contributed by atoms with Gasteiger partial charge in [0, 0.05) is 35.5 Å². The molecular formula is C24H28ClNO3. The molecule has 1 saturated heterocycles. The van der Waals surface area contributed by atoms with E-state index in [1.54, 1.807) is 0 Å². The molecule has 2 aliphatic heterocycles. The molecule has 2 heterocycles. The van der Waals surface area contributed by atoms with E-state index in [1.807, 2.05) is 30.3 Å². The molecule has 0 spiro atoms. The second-order valence-corrected chi connectivity index (χ2v) is 9.15. The standard InChI is InChI=1S/C24H28ClNO3/c25-20-6-4-19(5-7-20)24(10-2-11-24)16-26-12-1-3-18(14-26)15-27-21-8-9-22-23(13-21)29-17-28-22/h4-9,13,18H,1-3,10-12,14-17H2/t18-/m1/s1. The molecule has 0 unspecified atom stereocenters. The van der Waals surface area contributed by atoms with Crippen molar-refractivity contribution in [3.63, 3.8) is 0 Å². The number of piperidine rings is 1. The number of rotatable bonds is 6. The van der Waals surface area contributed by atoms with Crippen molar-refractivity contribution in [1.82, 2.24) is 4.90 Å². The summed E-state index contributed by atoms with van der Waals surface area (Å²) in [5.74, 6) is 3.01. The SMILES string of the molecule is Clc1ccc(C2(CN3CCC[C@@H](COc4ccc5c(c4)OCO5)C3)CCC2)cc1. The molecule has 2 fully saturated rings. The molecule has 0 amide bonds. The zero-order chi connectivity index (χ0) is 19.7. The molecule has 5 rings (SSSR count). The van der Waals surface area contributed by atoms with Crippen LogP contribution in [0, 0.1) is 5.92 Å². The van der Waals surface area contributed by atoms with Gasteiger partial charge in [-0.05, 0) is 62.1 Å². The topological polar surface area (TPSA) is 30.9 Å². The largest absolute Gasteiger partial charge is 0.493 e. The molecule has 0 N–H and O–H groups in total. The minimum absolute atomic E-state index is 0.297. The highest BCUT2D eigenvalue weighted by Crippen LogP contribution is 2.45. The van der Waals surface area contributed by atoms with Crippen molar-refractivity contribution < 1.29 is 14.2 Å². The Hall–Kier alpha value is -1.91. The van der Waals surface area contributed by atoms with Gasteiger partial charge in [-0.25, -0.2) is 0 Å². The first-order valence-corrected chi connectivity index (χ1v) is 11.1. The zero-order valence-electron chi connectivity index (χ0n) is 16.7. The molecule has 29 heavy (non-hydrogen) atoms. The second kappa shape index (κ2) is 8.08. The summed E-state index contributed by atoms with van der Waals surface area (Å²) in [5, 5.41) is 0.821. The van der Waals surface area contributed by atoms with Crippen LogP contribution in [0.1, 0.15) is 37.7 Å². The van der Waals surface area contributed by atoms with Gasteiger partial charge in [0.15, 0.2) is 11.5 Å². The van der Waals surface area contributed by atoms with Gasteiger partial charge in [0.2, 0.25) is 6.79 Å². The maximum Gasteiger partial charge on any atom is 0.231 e. The van der Waals surface area contributed by atoms with Crippen LogP contribution in [0.5, 0.6) is 17.2 Å². The monoisotopic (exact) mass is 413 g/mol. The quantitative estimate of drug-likeness (QED) is 0.644. The van der Waals surface area contributed by atoms with Gasteiger partial charge in [-0.3, -0.25) is 0 Å². The maximum atomic E-state index is 6.11. The number of likely N-dealkylation sites (tertiary alicyclic amines) is 1. The van der Waals surface area contributed by atoms with Gasteiger partial charge in [-0.15, -0.1) is 0 Å². The Kier molecular flexibility index (Phi) is 5.31. The molecule has 1 atom stereocenters. The van der Waals surface area contributed by atoms with Gasteiger partial charge < -0.3 is 19.1 Å². The summed E-state index contributed by atoms with van der Waals surface area (Å²) in [5.41, 5.74) is 1.76. The Bertz CT molecular complexity index is 850. The van der Waals surface area contributed by atoms with E-state index < -0.39 is 0 Å². The lowest BCUT2D eigenvalue weighted by molar-refractivity contribution is 0.0816. The lowest BCUT2D eigenvalue weighted by atomic mass is 9.64. The average Bonchev–Trinajstić information content (AvgIpc) is 3.18. The van der Waals surface area contributed by atoms with Crippen LogP contribution in [0.2, 0.25) is 5.02 Å². The Morgan fingerprint density at radius 3 is 2.66 bits per heavy atom. The highest BCUT2D eigenvalue weighted by molar-refractivity contribution is 6.30. The van der Waals surface area contributed by atoms with E-state index in [0.717, 1.165) is 42.0 Å². The van der Waals surface area contributed by atoms with E-state index in [-0.39, 0.29) is 0 Å². The summed E-state index contributed by atoms with van der Waals surface area (Å²) in [6.07, 6.45) is 6.36. The minimum Gasteiger partial charge on any atom is -0.493 e. The number of hydrogen-bond donors (Lipinski definition) is 0. The first kappa shape index (κ1) is 19.1. The van der Waals surface area contributed by atoms with Gasteiger partial charge in [-0.2, -0.15) is 0 Å². The van der Waals surface area contributed by atoms with Crippen LogP contribution in [-0.2, 0) is 5.41 Å². The summed E-state index contributed by atoms with van der Waals surface area (Å²) >= 11 is 6.11. The van der Waals surface area contributed by atoms with E-state index in [2.05, 4.69) is 17.0 Å². The smallest absolute Gasteiger partial charge is 0.231 e. The Morgan fingerprint density at radius 2 is 1.86 bits per heavy atom. The zero-order valence-corrected chi connectivity index (χ0v) is 17.5. The number of fused-ring (bicyclic) bond motifs is 1. The molecule has 0 radical (unpaired) electrons. The fourth-order valence-electron chi connectivity index (χ4n) is 4.98. The van der Waals surface area contributed by atoms with Crippen LogP contribution in [0.4, 0.5) is 0 Å². The van der Waals surface area contributed by atoms with Crippen LogP contribution in [0.15, 0.2) is 42.5 Å². The maximum absolute atomic E-state index is 6.11. The molecule has 3 aliphatic rings. The average molecular weight is 414 g/mol. The van der Waals surface area contributed by atoms with Crippen LogP contribution in [0.25, 0.3) is 0 Å². The molecule has 1 aliphatic carbocycles. The van der Waals surface area contributed by atoms with Crippen molar-refractivity contribution in [2.45, 2.75) is 37.5 Å². The first-order chi connectivity index (χ1) is 14.2. The lowest BCUT2D eigenvalue weighted by Crippen LogP contribution is -2.49. The van der Waals surface area contributed by atoms with Crippen molar-refractivity contribution in [1.29, 1.82) is 0 Å². The van der Waals surface area contributed by atoms with Gasteiger partial charge in [0.25, 0.3) is 0 Å². The van der Waals surface area contributed by atoms with E-state index in [4.69, 9.17) is 25.8 Å². The molecule has 1 saturated carbocycles. The number of nitrogens with zero attached hydrogens (tertiary/aromatic N) is 1. The van der Waals surface area contributed by atoms with E-state index in [1.165, 1.54) is 44.2 Å². The van der Waals surface area contributed by atoms with Crippen LogP contribution in [-0.4, -0.2) is 37.9 Å². The second-order valence-electron chi connectivity index (χ2n) is 8.71. The molecule has 2 aromatic rings. The van der Waals surface area contributed by atoms with Gasteiger partial charge in [0.05, 0.1) is 6.61 Å². The summed E-state index contributed by atoms with van der Waals surface area (Å²) < 4.78 is 16.9. The fraction of sp³-hybridized carbons (Fsp3) is 0.500. The van der Waals surface area contributed by atoms with Crippen LogP contribution >= 0.6 is 11.6 Å². The minimum atomic E-state index is 0.297. The number of hydrogen-bond acceptors (Lipinski definition) is 4. The van der Waals surface area contributed by atoms with Crippen LogP contribution < -0.4 is 14.2 Å². The molecule has 2 aromatic carbocycles. The Balaban J connectivity index is 1.19. The molecule has 4 nitrogen and oxygen atoms in total. The van der Waals surface area contributed by atoms with Crippen molar-refractivity contribution in [3.8, 4) is 17.2 Å². The van der Waals surface area contributed by atoms with Crippen molar-refractivity contribution in [2.24, 2.45) is 5.92 Å². The van der Waals surface area contributed by atoms with Crippen molar-refractivity contribution >= 4 is 11.6 Å². The fourth-order valence-corrected chi connectivity index (χ4v) is 5.11. The Labute approximate surface area is 177 Å². The number of ether oxygens (including phenoxy) is 3. The third-order valence-corrected chi connectivity index (χ3v) is 6.98. The predicted octanol–water partition coefficient (Wildman–Crippen LogP) is 5.28. The third kappa shape index (κ3) is 4.06. The summed E-state index contributed by atoms with van der Waals surface area (Å²) in [7, 11) is 0. The van der Waals surface area contributed by atoms with Crippen LogP contribution in [0.3, 0.4) is 0 Å².